The largest absolute Gasteiger partial charge is 0.417 e. The molecule has 2 fully saturated rings. The number of hydrogen-bond acceptors (Lipinski definition) is 4. The van der Waals surface area contributed by atoms with Gasteiger partial charge in [0.1, 0.15) is 5.69 Å². The molecule has 138 valence electrons. The van der Waals surface area contributed by atoms with E-state index in [2.05, 4.69) is 16.8 Å². The van der Waals surface area contributed by atoms with E-state index < -0.39 is 11.7 Å². The predicted molar refractivity (Wildman–Crippen MR) is 85.2 cm³/mol. The molecule has 1 amide bonds. The molecule has 8 heteroatoms. The van der Waals surface area contributed by atoms with Crippen LogP contribution in [0.1, 0.15) is 35.8 Å². The van der Waals surface area contributed by atoms with E-state index in [1.54, 1.807) is 4.90 Å². The smallest absolute Gasteiger partial charge is 0.379 e. The monoisotopic (exact) mass is 357 g/mol. The van der Waals surface area contributed by atoms with Gasteiger partial charge in [0.25, 0.3) is 5.91 Å². The van der Waals surface area contributed by atoms with E-state index in [4.69, 9.17) is 4.74 Å². The van der Waals surface area contributed by atoms with Gasteiger partial charge < -0.3 is 9.64 Å². The number of alkyl halides is 3. The number of aromatic nitrogens is 1. The number of carbonyl (C=O) groups is 1. The lowest BCUT2D eigenvalue weighted by Gasteiger charge is -2.48. The van der Waals surface area contributed by atoms with E-state index in [1.807, 2.05) is 0 Å². The van der Waals surface area contributed by atoms with Gasteiger partial charge in [0.15, 0.2) is 0 Å². The van der Waals surface area contributed by atoms with Crippen molar-refractivity contribution in [3.05, 3.63) is 29.6 Å². The first-order valence-corrected chi connectivity index (χ1v) is 8.45. The van der Waals surface area contributed by atoms with Gasteiger partial charge in [-0.05, 0) is 31.9 Å². The Bertz CT molecular complexity index is 605. The summed E-state index contributed by atoms with van der Waals surface area (Å²) in [6.45, 7) is 6.61. The Labute approximate surface area is 144 Å². The summed E-state index contributed by atoms with van der Waals surface area (Å²) in [5.41, 5.74) is -0.751. The first kappa shape index (κ1) is 18.1. The highest BCUT2D eigenvalue weighted by Gasteiger charge is 2.38. The van der Waals surface area contributed by atoms with Gasteiger partial charge in [-0.15, -0.1) is 0 Å². The number of morpholine rings is 1. The average molecular weight is 357 g/mol. The fraction of sp³-hybridized carbons (Fsp3) is 0.647. The maximum absolute atomic E-state index is 12.6. The number of amides is 1. The minimum absolute atomic E-state index is 0.0358. The molecule has 2 aliphatic rings. The first-order chi connectivity index (χ1) is 11.8. The molecular formula is C17H22F3N3O2. The standard InChI is InChI=1S/C17H22F3N3O2/c1-16(23-8-10-25-11-9-23)4-6-22(7-5-16)15(24)14-3-2-13(12-21-14)17(18,19)20/h2-3,12H,4-11H2,1H3. The van der Waals surface area contributed by atoms with E-state index in [9.17, 15) is 18.0 Å². The number of likely N-dealkylation sites (tertiary alicyclic amines) is 1. The molecule has 0 N–H and O–H groups in total. The van der Waals surface area contributed by atoms with Crippen LogP contribution in [0.5, 0.6) is 0 Å². The van der Waals surface area contributed by atoms with Gasteiger partial charge >= 0.3 is 6.18 Å². The van der Waals surface area contributed by atoms with E-state index in [0.29, 0.717) is 13.1 Å². The number of ether oxygens (including phenoxy) is 1. The molecule has 2 saturated heterocycles. The summed E-state index contributed by atoms with van der Waals surface area (Å²) >= 11 is 0. The van der Waals surface area contributed by atoms with Crippen molar-refractivity contribution in [1.82, 2.24) is 14.8 Å². The third kappa shape index (κ3) is 3.95. The SMILES string of the molecule is CC1(N2CCOCC2)CCN(C(=O)c2ccc(C(F)(F)F)cn2)CC1. The lowest BCUT2D eigenvalue weighted by molar-refractivity contribution is -0.137. The minimum Gasteiger partial charge on any atom is -0.379 e. The average Bonchev–Trinajstić information content (AvgIpc) is 2.62. The zero-order valence-electron chi connectivity index (χ0n) is 14.2. The number of hydrogen-bond donors (Lipinski definition) is 0. The molecule has 1 aromatic heterocycles. The van der Waals surface area contributed by atoms with Gasteiger partial charge in [0.2, 0.25) is 0 Å². The first-order valence-electron chi connectivity index (χ1n) is 8.45. The Morgan fingerprint density at radius 3 is 2.32 bits per heavy atom. The summed E-state index contributed by atoms with van der Waals surface area (Å²) in [5, 5.41) is 0. The van der Waals surface area contributed by atoms with Gasteiger partial charge in [-0.3, -0.25) is 14.7 Å². The fourth-order valence-electron chi connectivity index (χ4n) is 3.46. The Morgan fingerprint density at radius 2 is 1.80 bits per heavy atom. The molecule has 2 aliphatic heterocycles. The lowest BCUT2D eigenvalue weighted by atomic mass is 9.87. The Morgan fingerprint density at radius 1 is 1.16 bits per heavy atom. The van der Waals surface area contributed by atoms with Crippen molar-refractivity contribution in [2.75, 3.05) is 39.4 Å². The molecule has 0 spiro atoms. The van der Waals surface area contributed by atoms with Crippen LogP contribution in [0.15, 0.2) is 18.3 Å². The second-order valence-electron chi connectivity index (χ2n) is 6.82. The molecule has 0 unspecified atom stereocenters. The van der Waals surface area contributed by atoms with Crippen LogP contribution < -0.4 is 0 Å². The minimum atomic E-state index is -4.44. The van der Waals surface area contributed by atoms with E-state index in [1.165, 1.54) is 0 Å². The number of carbonyl (C=O) groups excluding carboxylic acids is 1. The van der Waals surface area contributed by atoms with Crippen LogP contribution in [0, 0.1) is 0 Å². The lowest BCUT2D eigenvalue weighted by Crippen LogP contribution is -2.57. The van der Waals surface area contributed by atoms with Crippen molar-refractivity contribution < 1.29 is 22.7 Å². The Balaban J connectivity index is 1.61. The summed E-state index contributed by atoms with van der Waals surface area (Å²) in [6.07, 6.45) is -2.06. The summed E-state index contributed by atoms with van der Waals surface area (Å²) in [4.78, 5) is 20.3. The zero-order valence-corrected chi connectivity index (χ0v) is 14.2. The van der Waals surface area contributed by atoms with Crippen LogP contribution in [0.4, 0.5) is 13.2 Å². The molecule has 5 nitrogen and oxygen atoms in total. The summed E-state index contributed by atoms with van der Waals surface area (Å²) < 4.78 is 43.2. The molecule has 3 rings (SSSR count). The maximum Gasteiger partial charge on any atom is 0.417 e. The summed E-state index contributed by atoms with van der Waals surface area (Å²) in [5.74, 6) is -0.308. The molecule has 0 atom stereocenters. The van der Waals surface area contributed by atoms with Gasteiger partial charge in [-0.1, -0.05) is 0 Å². The third-order valence-electron chi connectivity index (χ3n) is 5.21. The number of rotatable bonds is 2. The van der Waals surface area contributed by atoms with Crippen LogP contribution >= 0.6 is 0 Å². The zero-order chi connectivity index (χ0) is 18.1. The van der Waals surface area contributed by atoms with Crippen LogP contribution in [-0.4, -0.2) is 65.6 Å². The highest BCUT2D eigenvalue weighted by molar-refractivity contribution is 5.92. The number of nitrogens with zero attached hydrogens (tertiary/aromatic N) is 3. The van der Waals surface area contributed by atoms with Crippen molar-refractivity contribution in [3.63, 3.8) is 0 Å². The van der Waals surface area contributed by atoms with Gasteiger partial charge in [-0.25, -0.2) is 0 Å². The number of piperidine rings is 1. The normalized spacial score (nSPS) is 22.0. The molecule has 0 aromatic carbocycles. The van der Waals surface area contributed by atoms with Crippen molar-refractivity contribution in [3.8, 4) is 0 Å². The molecule has 3 heterocycles. The predicted octanol–water partition coefficient (Wildman–Crippen LogP) is 2.43. The van der Waals surface area contributed by atoms with Gasteiger partial charge in [0, 0.05) is 37.9 Å². The molecule has 25 heavy (non-hydrogen) atoms. The third-order valence-corrected chi connectivity index (χ3v) is 5.21. The fourth-order valence-corrected chi connectivity index (χ4v) is 3.46. The highest BCUT2D eigenvalue weighted by atomic mass is 19.4. The molecular weight excluding hydrogens is 335 g/mol. The van der Waals surface area contributed by atoms with Crippen LogP contribution in [0.2, 0.25) is 0 Å². The second-order valence-corrected chi connectivity index (χ2v) is 6.82. The number of halogens is 3. The molecule has 0 saturated carbocycles. The Kier molecular flexibility index (Phi) is 5.02. The number of pyridine rings is 1. The molecule has 0 aliphatic carbocycles. The van der Waals surface area contributed by atoms with Gasteiger partial charge in [0.05, 0.1) is 18.8 Å². The van der Waals surface area contributed by atoms with E-state index >= 15 is 0 Å². The topological polar surface area (TPSA) is 45.7 Å². The van der Waals surface area contributed by atoms with Crippen molar-refractivity contribution in [2.45, 2.75) is 31.5 Å². The van der Waals surface area contributed by atoms with Crippen molar-refractivity contribution in [2.24, 2.45) is 0 Å². The van der Waals surface area contributed by atoms with E-state index in [-0.39, 0.29) is 17.1 Å². The second kappa shape index (κ2) is 6.92. The van der Waals surface area contributed by atoms with Crippen LogP contribution in [0.3, 0.4) is 0 Å². The highest BCUT2D eigenvalue weighted by Crippen LogP contribution is 2.31. The van der Waals surface area contributed by atoms with Crippen LogP contribution in [0.25, 0.3) is 0 Å². The molecule has 0 radical (unpaired) electrons. The quantitative estimate of drug-likeness (QED) is 0.816. The van der Waals surface area contributed by atoms with Crippen molar-refractivity contribution >= 4 is 5.91 Å². The van der Waals surface area contributed by atoms with Crippen LogP contribution in [-0.2, 0) is 10.9 Å². The molecule has 0 bridgehead atoms. The molecule has 1 aromatic rings. The summed E-state index contributed by atoms with van der Waals surface area (Å²) in [6, 6.07) is 2.06. The summed E-state index contributed by atoms with van der Waals surface area (Å²) in [7, 11) is 0. The maximum atomic E-state index is 12.6. The van der Waals surface area contributed by atoms with Crippen molar-refractivity contribution in [1.29, 1.82) is 0 Å². The van der Waals surface area contributed by atoms with E-state index in [0.717, 1.165) is 57.5 Å². The Hall–Kier alpha value is -1.67. The van der Waals surface area contributed by atoms with Gasteiger partial charge in [-0.2, -0.15) is 13.2 Å².